The Balaban J connectivity index is 1.54. The lowest BCUT2D eigenvalue weighted by Crippen LogP contribution is -2.69. The minimum absolute atomic E-state index is 0.168. The SMILES string of the molecule is NCCSC[C@@H]1O[C@H]2O[C@@H]3[C@@H](O)[C@H](O)[C@H](O[C@@H]4[C@@H](O)[C@H](O)[C@H](O[C@@H]5[C@@H](O)[C@H](O)[C@H](O[C@@H]1[C@@H](O)[C@@H]2O)O[C@H]5CSCCN)O[C@H]4CSCCN)O[C@H]3CSCCN. The van der Waals surface area contributed by atoms with Crippen LogP contribution in [0, 0.1) is 0 Å². The highest BCUT2D eigenvalue weighted by molar-refractivity contribution is 7.99. The molecule has 14 saturated heterocycles. The third-order valence-electron chi connectivity index (χ3n) is 9.91. The molecule has 0 radical (unpaired) electrons. The third-order valence-corrected chi connectivity index (χ3v) is 14.3. The van der Waals surface area contributed by atoms with Crippen molar-refractivity contribution in [2.45, 2.75) is 123 Å². The van der Waals surface area contributed by atoms with E-state index < -0.39 is 123 Å². The van der Waals surface area contributed by atoms with E-state index in [-0.39, 0.29) is 23.0 Å². The summed E-state index contributed by atoms with van der Waals surface area (Å²) < 4.78 is 49.5. The molecule has 0 aromatic rings. The molecule has 24 heteroatoms. The summed E-state index contributed by atoms with van der Waals surface area (Å²) in [7, 11) is 0. The van der Waals surface area contributed by atoms with Gasteiger partial charge in [0.25, 0.3) is 0 Å². The summed E-state index contributed by atoms with van der Waals surface area (Å²) in [5, 5.41) is 91.9. The Hall–Kier alpha value is 0.600. The summed E-state index contributed by atoms with van der Waals surface area (Å²) in [6, 6.07) is 0. The zero-order chi connectivity index (χ0) is 40.5. The normalized spacial score (nSPS) is 46.1. The van der Waals surface area contributed by atoms with Gasteiger partial charge in [0.15, 0.2) is 25.2 Å². The number of aliphatic hydroxyl groups excluding tert-OH is 8. The van der Waals surface area contributed by atoms with E-state index in [1.54, 1.807) is 0 Å². The second kappa shape index (κ2) is 23.2. The monoisotopic (exact) mass is 884 g/mol. The highest BCUT2D eigenvalue weighted by Crippen LogP contribution is 2.38. The molecule has 0 spiro atoms. The van der Waals surface area contributed by atoms with Crippen molar-refractivity contribution in [2.24, 2.45) is 22.9 Å². The van der Waals surface area contributed by atoms with Gasteiger partial charge in [0, 0.05) is 72.2 Å². The van der Waals surface area contributed by atoms with E-state index in [1.165, 1.54) is 47.0 Å². The zero-order valence-electron chi connectivity index (χ0n) is 30.8. The fraction of sp³-hybridized carbons (Fsp3) is 1.00. The van der Waals surface area contributed by atoms with Crippen molar-refractivity contribution < 1.29 is 78.7 Å². The Morgan fingerprint density at radius 3 is 0.679 bits per heavy atom. The number of hydrogen-bond donors (Lipinski definition) is 12. The molecule has 14 heterocycles. The molecule has 14 aliphatic rings. The number of hydrogen-bond acceptors (Lipinski definition) is 24. The number of ether oxygens (including phenoxy) is 8. The molecule has 328 valence electrons. The Labute approximate surface area is 342 Å². The van der Waals surface area contributed by atoms with Crippen LogP contribution in [0.2, 0.25) is 0 Å². The van der Waals surface area contributed by atoms with Crippen LogP contribution in [0.3, 0.4) is 0 Å². The molecule has 14 fully saturated rings. The van der Waals surface area contributed by atoms with Gasteiger partial charge in [0.05, 0.1) is 24.4 Å². The average molecular weight is 885 g/mol. The summed E-state index contributed by atoms with van der Waals surface area (Å²) in [5.41, 5.74) is 22.9. The van der Waals surface area contributed by atoms with Gasteiger partial charge in [-0.1, -0.05) is 0 Å². The largest absolute Gasteiger partial charge is 0.387 e. The molecule has 20 nitrogen and oxygen atoms in total. The topological polar surface area (TPSA) is 340 Å². The van der Waals surface area contributed by atoms with E-state index in [2.05, 4.69) is 0 Å². The van der Waals surface area contributed by atoms with E-state index in [9.17, 15) is 40.9 Å². The maximum atomic E-state index is 11.6. The van der Waals surface area contributed by atoms with E-state index in [4.69, 9.17) is 60.8 Å². The quantitative estimate of drug-likeness (QED) is 0.0642. The van der Waals surface area contributed by atoms with Crippen molar-refractivity contribution in [1.29, 1.82) is 0 Å². The standard InChI is InChI=1S/C32H60N4O16S4/c33-1-5-53-9-13-25-17(37)21(41)29(45-13)50-26-14(10-54-6-2-34)47-31(23(43)19(26)39)52-28-16(12-56-8-4-36)48-32(24(44)20(28)40)51-27-15(11-55-7-3-35)46-30(49-25)22(42)18(27)38/h13-32,37-44H,1-12,33-36H2/t13-,14-,15-,16-,17-,18-,19-,20-,21-,22-,23-,24-,25-,26-,27-,28-,29-,30-,31-,32-/m0/s1. The van der Waals surface area contributed by atoms with Crippen molar-refractivity contribution in [3.8, 4) is 0 Å². The first-order valence-corrected chi connectivity index (χ1v) is 23.4. The smallest absolute Gasteiger partial charge is 0.187 e. The second-order valence-electron chi connectivity index (χ2n) is 14.0. The van der Waals surface area contributed by atoms with Gasteiger partial charge in [-0.3, -0.25) is 0 Å². The lowest BCUT2D eigenvalue weighted by molar-refractivity contribution is -0.396. The number of aliphatic hydroxyl groups is 8. The highest BCUT2D eigenvalue weighted by Gasteiger charge is 2.57. The Kier molecular flexibility index (Phi) is 19.7. The molecule has 56 heavy (non-hydrogen) atoms. The summed E-state index contributed by atoms with van der Waals surface area (Å²) in [6.45, 7) is 1.31. The Morgan fingerprint density at radius 1 is 0.304 bits per heavy atom. The van der Waals surface area contributed by atoms with Crippen LogP contribution in [-0.4, -0.2) is 236 Å². The molecule has 0 aromatic heterocycles. The lowest BCUT2D eigenvalue weighted by atomic mass is 9.95. The van der Waals surface area contributed by atoms with Crippen LogP contribution >= 0.6 is 47.0 Å². The lowest BCUT2D eigenvalue weighted by Gasteiger charge is -2.51. The first kappa shape index (κ1) is 47.6. The van der Waals surface area contributed by atoms with Crippen LogP contribution in [0.15, 0.2) is 0 Å². The van der Waals surface area contributed by atoms with E-state index in [1.807, 2.05) is 0 Å². The highest BCUT2D eigenvalue weighted by atomic mass is 32.2. The van der Waals surface area contributed by atoms with E-state index in [0.29, 0.717) is 49.2 Å². The van der Waals surface area contributed by atoms with Crippen LogP contribution in [0.4, 0.5) is 0 Å². The van der Waals surface area contributed by atoms with Gasteiger partial charge in [-0.25, -0.2) is 0 Å². The maximum Gasteiger partial charge on any atom is 0.187 e. The Bertz CT molecular complexity index is 991. The predicted octanol–water partition coefficient (Wildman–Crippen LogP) is -5.90. The van der Waals surface area contributed by atoms with Crippen LogP contribution in [-0.2, 0) is 37.9 Å². The number of nitrogens with two attached hydrogens (primary N) is 4. The molecule has 0 aliphatic carbocycles. The molecule has 0 aromatic carbocycles. The average Bonchev–Trinajstić information content (AvgIpc) is 3.18. The maximum absolute atomic E-state index is 11.6. The van der Waals surface area contributed by atoms with Crippen molar-refractivity contribution in [1.82, 2.24) is 0 Å². The summed E-state index contributed by atoms with van der Waals surface area (Å²) in [5.74, 6) is 2.67. The summed E-state index contributed by atoms with van der Waals surface area (Å²) >= 11 is 5.45. The van der Waals surface area contributed by atoms with Gasteiger partial charge in [-0.15, -0.1) is 0 Å². The van der Waals surface area contributed by atoms with Gasteiger partial charge in [0.2, 0.25) is 0 Å². The molecular formula is C32H60N4O16S4. The third kappa shape index (κ3) is 11.5. The molecule has 0 amide bonds. The van der Waals surface area contributed by atoms with Gasteiger partial charge in [0.1, 0.15) is 73.2 Å². The first-order chi connectivity index (χ1) is 26.9. The molecule has 20 atom stereocenters. The molecular weight excluding hydrogens is 825 g/mol. The molecule has 0 unspecified atom stereocenters. The minimum atomic E-state index is -1.79. The Morgan fingerprint density at radius 2 is 0.500 bits per heavy atom. The van der Waals surface area contributed by atoms with Crippen LogP contribution in [0.1, 0.15) is 0 Å². The fourth-order valence-electron chi connectivity index (χ4n) is 7.03. The van der Waals surface area contributed by atoms with Crippen molar-refractivity contribution in [3.63, 3.8) is 0 Å². The van der Waals surface area contributed by atoms with Gasteiger partial charge < -0.3 is 102 Å². The number of rotatable bonds is 16. The molecule has 14 aliphatic heterocycles. The van der Waals surface area contributed by atoms with E-state index >= 15 is 0 Å². The van der Waals surface area contributed by atoms with Crippen molar-refractivity contribution >= 4 is 47.0 Å². The van der Waals surface area contributed by atoms with Crippen molar-refractivity contribution in [2.75, 3.05) is 72.2 Å². The number of thioether (sulfide) groups is 4. The molecule has 16 N–H and O–H groups in total. The van der Waals surface area contributed by atoms with Gasteiger partial charge in [-0.2, -0.15) is 47.0 Å². The molecule has 0 saturated carbocycles. The van der Waals surface area contributed by atoms with Gasteiger partial charge in [-0.05, 0) is 0 Å². The summed E-state index contributed by atoms with van der Waals surface area (Å²) in [4.78, 5) is 0. The van der Waals surface area contributed by atoms with Crippen LogP contribution in [0.25, 0.3) is 0 Å². The van der Waals surface area contributed by atoms with Crippen LogP contribution < -0.4 is 22.9 Å². The fourth-order valence-corrected chi connectivity index (χ4v) is 10.4. The van der Waals surface area contributed by atoms with Crippen LogP contribution in [0.5, 0.6) is 0 Å². The minimum Gasteiger partial charge on any atom is -0.387 e. The van der Waals surface area contributed by atoms with Crippen molar-refractivity contribution in [3.05, 3.63) is 0 Å². The summed E-state index contributed by atoms with van der Waals surface area (Å²) in [6.07, 6.45) is -29.8. The second-order valence-corrected chi connectivity index (χ2v) is 18.6. The molecule has 14 rings (SSSR count). The van der Waals surface area contributed by atoms with Gasteiger partial charge >= 0.3 is 0 Å². The zero-order valence-corrected chi connectivity index (χ0v) is 34.1. The predicted molar refractivity (Wildman–Crippen MR) is 208 cm³/mol. The molecule has 8 bridgehead atoms. The first-order valence-electron chi connectivity index (χ1n) is 18.7. The van der Waals surface area contributed by atoms with E-state index in [0.717, 1.165) is 0 Å².